The highest BCUT2D eigenvalue weighted by atomic mass is 79.9. The van der Waals surface area contributed by atoms with Crippen LogP contribution in [0.1, 0.15) is 97.8 Å². The van der Waals surface area contributed by atoms with Gasteiger partial charge in [-0.25, -0.2) is 8.42 Å². The molecular weight excluding hydrogens is 442 g/mol. The molecule has 0 unspecified atom stereocenters. The predicted molar refractivity (Wildman–Crippen MR) is 119 cm³/mol. The zero-order valence-corrected chi connectivity index (χ0v) is 21.7. The second kappa shape index (κ2) is 18.7. The summed E-state index contributed by atoms with van der Waals surface area (Å²) in [5.41, 5.74) is 0. The number of unbranched alkanes of at least 4 members (excludes halogenated alkanes) is 8. The van der Waals surface area contributed by atoms with Gasteiger partial charge in [-0.1, -0.05) is 59.3 Å². The van der Waals surface area contributed by atoms with E-state index in [1.165, 1.54) is 108 Å². The fourth-order valence-electron chi connectivity index (χ4n) is 3.62. The van der Waals surface area contributed by atoms with E-state index in [0.29, 0.717) is 0 Å². The lowest BCUT2D eigenvalue weighted by atomic mass is 10.1. The number of nitrogens with zero attached hydrogens (tertiary/aromatic N) is 1. The normalized spacial score (nSPS) is 12.1. The number of rotatable bonds is 19. The third kappa shape index (κ3) is 18.5. The summed E-state index contributed by atoms with van der Waals surface area (Å²) in [7, 11) is -1.75. The van der Waals surface area contributed by atoms with E-state index in [0.717, 1.165) is 23.0 Å². The van der Waals surface area contributed by atoms with Crippen LogP contribution in [0.25, 0.3) is 0 Å². The molecule has 0 aromatic heterocycles. The summed E-state index contributed by atoms with van der Waals surface area (Å²) in [6.45, 7) is 12.4. The van der Waals surface area contributed by atoms with E-state index in [4.69, 9.17) is 0 Å². The highest BCUT2D eigenvalue weighted by Gasteiger charge is 2.24. The van der Waals surface area contributed by atoms with Crippen molar-refractivity contribution in [2.24, 2.45) is 0 Å². The Balaban J connectivity index is 0. The SMILES string of the molecule is CCCC[N+](CCCC)(CCCC)CCCCCCCCSS(C)(=O)=O.[Br-]. The molecule has 0 spiro atoms. The molecule has 0 saturated carbocycles. The van der Waals surface area contributed by atoms with Crippen molar-refractivity contribution in [3.8, 4) is 0 Å². The summed E-state index contributed by atoms with van der Waals surface area (Å²) in [5, 5.41) is 0. The maximum atomic E-state index is 11.1. The molecule has 3 nitrogen and oxygen atoms in total. The van der Waals surface area contributed by atoms with Crippen molar-refractivity contribution < 1.29 is 29.9 Å². The first-order valence-electron chi connectivity index (χ1n) is 11.1. The number of halogens is 1. The molecule has 0 aliphatic carbocycles. The smallest absolute Gasteiger partial charge is 0.198 e. The maximum absolute atomic E-state index is 11.1. The molecular formula is C21H46BrNO2S2. The quantitative estimate of drug-likeness (QED) is 0.159. The minimum atomic E-state index is -2.85. The lowest BCUT2D eigenvalue weighted by Gasteiger charge is -2.39. The van der Waals surface area contributed by atoms with Gasteiger partial charge in [0.05, 0.1) is 26.2 Å². The van der Waals surface area contributed by atoms with E-state index >= 15 is 0 Å². The van der Waals surface area contributed by atoms with Gasteiger partial charge in [-0.3, -0.25) is 0 Å². The second-order valence-electron chi connectivity index (χ2n) is 7.94. The van der Waals surface area contributed by atoms with Gasteiger partial charge >= 0.3 is 0 Å². The molecule has 0 aliphatic rings. The fourth-order valence-corrected chi connectivity index (χ4v) is 5.50. The van der Waals surface area contributed by atoms with Gasteiger partial charge in [0.2, 0.25) is 0 Å². The monoisotopic (exact) mass is 487 g/mol. The molecule has 27 heavy (non-hydrogen) atoms. The van der Waals surface area contributed by atoms with E-state index < -0.39 is 8.87 Å². The molecule has 0 amide bonds. The molecule has 0 atom stereocenters. The number of hydrogen-bond acceptors (Lipinski definition) is 3. The van der Waals surface area contributed by atoms with Crippen LogP contribution < -0.4 is 17.0 Å². The van der Waals surface area contributed by atoms with Gasteiger partial charge in [0.25, 0.3) is 0 Å². The molecule has 0 fully saturated rings. The van der Waals surface area contributed by atoms with Gasteiger partial charge in [0, 0.05) is 12.0 Å². The van der Waals surface area contributed by atoms with Crippen molar-refractivity contribution in [1.82, 2.24) is 0 Å². The van der Waals surface area contributed by atoms with Crippen molar-refractivity contribution in [3.05, 3.63) is 0 Å². The van der Waals surface area contributed by atoms with Gasteiger partial charge in [-0.15, -0.1) is 0 Å². The Hall–Kier alpha value is 0.740. The molecule has 0 rings (SSSR count). The van der Waals surface area contributed by atoms with Crippen LogP contribution in [0.4, 0.5) is 0 Å². The summed E-state index contributed by atoms with van der Waals surface area (Å²) in [5.74, 6) is 0.754. The summed E-state index contributed by atoms with van der Waals surface area (Å²) < 4.78 is 23.5. The second-order valence-corrected chi connectivity index (χ2v) is 12.5. The van der Waals surface area contributed by atoms with E-state index in [1.807, 2.05) is 0 Å². The van der Waals surface area contributed by atoms with E-state index in [2.05, 4.69) is 20.8 Å². The summed E-state index contributed by atoms with van der Waals surface area (Å²) >= 11 is 0. The minimum Gasteiger partial charge on any atom is -1.00 e. The third-order valence-corrected chi connectivity index (χ3v) is 7.95. The van der Waals surface area contributed by atoms with Gasteiger partial charge in [-0.2, -0.15) is 0 Å². The van der Waals surface area contributed by atoms with Crippen LogP contribution in [-0.4, -0.2) is 51.1 Å². The molecule has 6 heteroatoms. The Kier molecular flexibility index (Phi) is 20.8. The third-order valence-electron chi connectivity index (χ3n) is 5.28. The fraction of sp³-hybridized carbons (Fsp3) is 1.00. The first-order chi connectivity index (χ1) is 12.4. The summed E-state index contributed by atoms with van der Waals surface area (Å²) in [4.78, 5) is 0. The van der Waals surface area contributed by atoms with Gasteiger partial charge in [0.15, 0.2) is 8.87 Å². The van der Waals surface area contributed by atoms with E-state index in [-0.39, 0.29) is 17.0 Å². The Labute approximate surface area is 185 Å². The van der Waals surface area contributed by atoms with Crippen molar-refractivity contribution in [2.75, 3.05) is 38.2 Å². The van der Waals surface area contributed by atoms with Crippen LogP contribution in [0.3, 0.4) is 0 Å². The standard InChI is InChI=1S/C21H46NO2S2.BrH/c1-5-8-17-22(18-9-6-2,19-10-7-3)20-15-13-11-12-14-16-21-25-26(4,23)24;/h5-21H2,1-4H3;1H/q+1;/p-1. The van der Waals surface area contributed by atoms with E-state index in [1.54, 1.807) is 0 Å². The Morgan fingerprint density at radius 3 is 1.41 bits per heavy atom. The van der Waals surface area contributed by atoms with Gasteiger partial charge in [0.1, 0.15) is 0 Å². The topological polar surface area (TPSA) is 34.1 Å². The molecule has 0 aromatic rings. The van der Waals surface area contributed by atoms with Crippen LogP contribution in [0.5, 0.6) is 0 Å². The molecule has 0 aromatic carbocycles. The molecule has 0 radical (unpaired) electrons. The number of hydrogen-bond donors (Lipinski definition) is 0. The van der Waals surface area contributed by atoms with Gasteiger partial charge in [-0.05, 0) is 49.3 Å². The lowest BCUT2D eigenvalue weighted by molar-refractivity contribution is -0.929. The first kappa shape index (κ1) is 29.9. The zero-order valence-electron chi connectivity index (χ0n) is 18.5. The molecule has 166 valence electrons. The highest BCUT2D eigenvalue weighted by molar-refractivity contribution is 8.71. The van der Waals surface area contributed by atoms with Crippen LogP contribution in [0.2, 0.25) is 0 Å². The van der Waals surface area contributed by atoms with Crippen LogP contribution in [0.15, 0.2) is 0 Å². The zero-order chi connectivity index (χ0) is 19.7. The van der Waals surface area contributed by atoms with Crippen molar-refractivity contribution in [1.29, 1.82) is 0 Å². The largest absolute Gasteiger partial charge is 1.00 e. The first-order valence-corrected chi connectivity index (χ1v) is 14.5. The van der Waals surface area contributed by atoms with Crippen LogP contribution >= 0.6 is 10.8 Å². The Morgan fingerprint density at radius 2 is 1.00 bits per heavy atom. The number of quaternary nitrogens is 1. The Morgan fingerprint density at radius 1 is 0.630 bits per heavy atom. The molecule has 0 N–H and O–H groups in total. The van der Waals surface area contributed by atoms with Crippen molar-refractivity contribution in [3.63, 3.8) is 0 Å². The van der Waals surface area contributed by atoms with Crippen molar-refractivity contribution >= 4 is 19.7 Å². The van der Waals surface area contributed by atoms with Crippen molar-refractivity contribution in [2.45, 2.75) is 97.8 Å². The van der Waals surface area contributed by atoms with E-state index in [9.17, 15) is 8.42 Å². The van der Waals surface area contributed by atoms with Gasteiger partial charge < -0.3 is 21.5 Å². The average molecular weight is 489 g/mol. The predicted octanol–water partition coefficient (Wildman–Crippen LogP) is 3.24. The summed E-state index contributed by atoms with van der Waals surface area (Å²) in [6, 6.07) is 0. The summed E-state index contributed by atoms with van der Waals surface area (Å²) in [6.07, 6.45) is 16.8. The highest BCUT2D eigenvalue weighted by Crippen LogP contribution is 2.18. The maximum Gasteiger partial charge on any atom is 0.198 e. The molecule has 0 heterocycles. The molecule has 0 aliphatic heterocycles. The minimum absolute atomic E-state index is 0. The molecule has 0 saturated heterocycles. The lowest BCUT2D eigenvalue weighted by Crippen LogP contribution is -3.00. The molecule has 0 bridgehead atoms. The van der Waals surface area contributed by atoms with Crippen LogP contribution in [0, 0.1) is 0 Å². The van der Waals surface area contributed by atoms with Crippen LogP contribution in [-0.2, 0) is 8.87 Å². The average Bonchev–Trinajstić information content (AvgIpc) is 2.60. The Bertz CT molecular complexity index is 395.